The van der Waals surface area contributed by atoms with Gasteiger partial charge >= 0.3 is 0 Å². The van der Waals surface area contributed by atoms with Crippen LogP contribution in [0.4, 0.5) is 0 Å². The maximum atomic E-state index is 6.53. The van der Waals surface area contributed by atoms with E-state index in [1.165, 1.54) is 29.5 Å². The van der Waals surface area contributed by atoms with Crippen LogP contribution in [-0.4, -0.2) is 43.0 Å². The molecule has 5 aliphatic rings. The van der Waals surface area contributed by atoms with Gasteiger partial charge in [-0.3, -0.25) is 9.89 Å². The minimum Gasteiger partial charge on any atom is -0.381 e. The van der Waals surface area contributed by atoms with Crippen LogP contribution in [0.1, 0.15) is 67.6 Å². The fourth-order valence-corrected chi connectivity index (χ4v) is 6.41. The molecule has 1 aromatic carbocycles. The minimum absolute atomic E-state index is 0.0854. The molecule has 2 aliphatic heterocycles. The number of nitrogens with zero attached hydrogens (tertiary/aromatic N) is 3. The molecule has 0 amide bonds. The fourth-order valence-electron chi connectivity index (χ4n) is 6.41. The van der Waals surface area contributed by atoms with Gasteiger partial charge in [0, 0.05) is 25.6 Å². The third-order valence-electron chi connectivity index (χ3n) is 8.03. The lowest BCUT2D eigenvalue weighted by Crippen LogP contribution is -2.53. The number of hydrogen-bond acceptors (Lipinski definition) is 5. The van der Waals surface area contributed by atoms with E-state index >= 15 is 0 Å². The normalized spacial score (nSPS) is 36.5. The smallest absolute Gasteiger partial charge is 0.198 e. The first-order chi connectivity index (χ1) is 13.7. The molecule has 1 atom stereocenters. The van der Waals surface area contributed by atoms with E-state index in [0.29, 0.717) is 12.1 Å². The predicted octanol–water partition coefficient (Wildman–Crippen LogP) is 3.32. The van der Waals surface area contributed by atoms with Crippen LogP contribution >= 0.6 is 0 Å². The van der Waals surface area contributed by atoms with E-state index in [2.05, 4.69) is 23.1 Å². The van der Waals surface area contributed by atoms with Gasteiger partial charge in [-0.05, 0) is 74.0 Å². The Labute approximate surface area is 167 Å². The van der Waals surface area contributed by atoms with E-state index in [4.69, 9.17) is 20.5 Å². The zero-order valence-corrected chi connectivity index (χ0v) is 16.8. The van der Waals surface area contributed by atoms with Crippen LogP contribution in [0.3, 0.4) is 0 Å². The number of fused-ring (bicyclic) bond motifs is 5. The summed E-state index contributed by atoms with van der Waals surface area (Å²) < 4.78 is 5.71. The van der Waals surface area contributed by atoms with Crippen molar-refractivity contribution in [2.45, 2.75) is 68.9 Å². The van der Waals surface area contributed by atoms with E-state index in [1.807, 2.05) is 7.11 Å². The summed E-state index contributed by atoms with van der Waals surface area (Å²) in [5.74, 6) is 2.56. The first-order valence-electron chi connectivity index (χ1n) is 11.0. The lowest BCUT2D eigenvalue weighted by molar-refractivity contribution is 0.0113. The highest BCUT2D eigenvalue weighted by Crippen LogP contribution is 2.63. The molecule has 1 unspecified atom stereocenters. The number of benzene rings is 1. The predicted molar refractivity (Wildman–Crippen MR) is 111 cm³/mol. The molecule has 0 radical (unpaired) electrons. The van der Waals surface area contributed by atoms with E-state index in [1.54, 1.807) is 0 Å². The van der Waals surface area contributed by atoms with Gasteiger partial charge < -0.3 is 10.5 Å². The maximum Gasteiger partial charge on any atom is 0.198 e. The molecule has 1 aromatic rings. The largest absolute Gasteiger partial charge is 0.381 e. The zero-order chi connectivity index (χ0) is 18.9. The third kappa shape index (κ3) is 2.11. The Balaban J connectivity index is 1.54. The van der Waals surface area contributed by atoms with Gasteiger partial charge in [-0.25, -0.2) is 4.99 Å². The summed E-state index contributed by atoms with van der Waals surface area (Å²) in [6.45, 7) is 1.84. The molecule has 2 heterocycles. The Kier molecular flexibility index (Phi) is 3.54. The van der Waals surface area contributed by atoms with Crippen molar-refractivity contribution in [1.82, 2.24) is 4.90 Å². The maximum absolute atomic E-state index is 6.53. The van der Waals surface area contributed by atoms with Gasteiger partial charge in [0.05, 0.1) is 6.10 Å². The molecule has 2 saturated carbocycles. The Hall–Kier alpha value is -1.88. The quantitative estimate of drug-likeness (QED) is 0.859. The first-order valence-corrected chi connectivity index (χ1v) is 11.0. The van der Waals surface area contributed by atoms with Crippen LogP contribution in [0, 0.1) is 5.41 Å². The van der Waals surface area contributed by atoms with Crippen LogP contribution in [0.5, 0.6) is 0 Å². The molecule has 0 bridgehead atoms. The number of amidine groups is 1. The highest BCUT2D eigenvalue weighted by Gasteiger charge is 2.65. The molecule has 5 nitrogen and oxygen atoms in total. The second-order valence-electron chi connectivity index (χ2n) is 9.47. The van der Waals surface area contributed by atoms with Crippen molar-refractivity contribution in [3.63, 3.8) is 0 Å². The summed E-state index contributed by atoms with van der Waals surface area (Å²) >= 11 is 0. The number of methoxy groups -OCH3 is 1. The summed E-state index contributed by atoms with van der Waals surface area (Å²) in [6.07, 6.45) is 9.63. The van der Waals surface area contributed by atoms with Crippen molar-refractivity contribution in [1.29, 1.82) is 0 Å². The topological polar surface area (TPSA) is 63.2 Å². The van der Waals surface area contributed by atoms with Crippen LogP contribution < -0.4 is 5.73 Å². The SMILES string of the molecule is COC1CCC2(CC1)Cc1ccc(C3CC3)cc1C21N=C(N)N2CCCN=C21. The van der Waals surface area contributed by atoms with Gasteiger partial charge in [0.2, 0.25) is 0 Å². The summed E-state index contributed by atoms with van der Waals surface area (Å²) in [5, 5.41) is 0. The van der Waals surface area contributed by atoms with Gasteiger partial charge in [0.25, 0.3) is 0 Å². The molecule has 148 valence electrons. The molecule has 2 spiro atoms. The number of rotatable bonds is 2. The summed E-state index contributed by atoms with van der Waals surface area (Å²) in [4.78, 5) is 12.6. The fraction of sp³-hybridized carbons (Fsp3) is 0.652. The van der Waals surface area contributed by atoms with Crippen molar-refractivity contribution in [2.75, 3.05) is 20.2 Å². The van der Waals surface area contributed by atoms with Gasteiger partial charge in [-0.2, -0.15) is 0 Å². The number of aliphatic imine (C=N–C) groups is 2. The van der Waals surface area contributed by atoms with Crippen LogP contribution in [0.2, 0.25) is 0 Å². The number of hydrogen-bond donors (Lipinski definition) is 1. The summed E-state index contributed by atoms with van der Waals surface area (Å²) in [6, 6.07) is 7.23. The van der Waals surface area contributed by atoms with Crippen LogP contribution in [-0.2, 0) is 16.7 Å². The van der Waals surface area contributed by atoms with Gasteiger partial charge in [-0.1, -0.05) is 18.2 Å². The van der Waals surface area contributed by atoms with Gasteiger partial charge in [-0.15, -0.1) is 0 Å². The molecule has 2 fully saturated rings. The van der Waals surface area contributed by atoms with Crippen molar-refractivity contribution in [3.8, 4) is 0 Å². The van der Waals surface area contributed by atoms with E-state index < -0.39 is 0 Å². The van der Waals surface area contributed by atoms with Crippen molar-refractivity contribution >= 4 is 11.8 Å². The summed E-state index contributed by atoms with van der Waals surface area (Å²) in [7, 11) is 1.85. The van der Waals surface area contributed by atoms with Crippen molar-refractivity contribution < 1.29 is 4.74 Å². The van der Waals surface area contributed by atoms with Crippen molar-refractivity contribution in [2.24, 2.45) is 21.1 Å². The Bertz CT molecular complexity index is 879. The molecule has 28 heavy (non-hydrogen) atoms. The molecule has 3 aliphatic carbocycles. The molecule has 0 aromatic heterocycles. The molecular formula is C23H30N4O. The lowest BCUT2D eigenvalue weighted by atomic mass is 9.61. The van der Waals surface area contributed by atoms with E-state index in [0.717, 1.165) is 63.4 Å². The minimum atomic E-state index is -0.379. The van der Waals surface area contributed by atoms with E-state index in [9.17, 15) is 0 Å². The van der Waals surface area contributed by atoms with Crippen LogP contribution in [0.25, 0.3) is 0 Å². The zero-order valence-electron chi connectivity index (χ0n) is 16.8. The average molecular weight is 379 g/mol. The van der Waals surface area contributed by atoms with Crippen molar-refractivity contribution in [3.05, 3.63) is 34.9 Å². The highest BCUT2D eigenvalue weighted by molar-refractivity contribution is 6.11. The Morgan fingerprint density at radius 1 is 1.18 bits per heavy atom. The lowest BCUT2D eigenvalue weighted by Gasteiger charge is -2.47. The first kappa shape index (κ1) is 17.0. The highest BCUT2D eigenvalue weighted by atomic mass is 16.5. The molecule has 2 N–H and O–H groups in total. The average Bonchev–Trinajstić information content (AvgIpc) is 3.49. The monoisotopic (exact) mass is 378 g/mol. The Morgan fingerprint density at radius 2 is 2.00 bits per heavy atom. The van der Waals surface area contributed by atoms with E-state index in [-0.39, 0.29) is 11.0 Å². The van der Waals surface area contributed by atoms with Crippen LogP contribution in [0.15, 0.2) is 28.2 Å². The molecule has 6 rings (SSSR count). The number of ether oxygens (including phenoxy) is 1. The number of nitrogens with two attached hydrogens (primary N) is 1. The van der Waals surface area contributed by atoms with Gasteiger partial charge in [0.1, 0.15) is 5.84 Å². The second-order valence-corrected chi connectivity index (χ2v) is 9.47. The second kappa shape index (κ2) is 5.82. The standard InChI is InChI=1S/C23H30N4O/c1-28-18-7-9-22(10-8-18)14-17-6-5-16(15-3-4-15)13-19(17)23(22)20-25-11-2-12-27(20)21(24)26-23/h5-6,13,15,18H,2-4,7-12,14H2,1H3,(H2,24,26). The molecular weight excluding hydrogens is 348 g/mol. The molecule has 5 heteroatoms. The third-order valence-corrected chi connectivity index (χ3v) is 8.03. The van der Waals surface area contributed by atoms with Gasteiger partial charge in [0.15, 0.2) is 11.5 Å². The summed E-state index contributed by atoms with van der Waals surface area (Å²) in [5.41, 5.74) is 10.6. The number of guanidine groups is 1. The molecule has 0 saturated heterocycles. The Morgan fingerprint density at radius 3 is 2.75 bits per heavy atom.